The van der Waals surface area contributed by atoms with Crippen molar-refractivity contribution in [2.24, 2.45) is 0 Å². The SMILES string of the molecule is C=C=C1CCN(CC)C1=C. The number of hydrogen-bond donors (Lipinski definition) is 0. The van der Waals surface area contributed by atoms with Crippen molar-refractivity contribution in [1.82, 2.24) is 4.90 Å². The fourth-order valence-corrected chi connectivity index (χ4v) is 1.26. The second-order valence-corrected chi connectivity index (χ2v) is 2.43. The van der Waals surface area contributed by atoms with E-state index in [2.05, 4.69) is 30.7 Å². The van der Waals surface area contributed by atoms with Crippen LogP contribution in [0.1, 0.15) is 13.3 Å². The van der Waals surface area contributed by atoms with Crippen LogP contribution in [0.15, 0.2) is 30.2 Å². The topological polar surface area (TPSA) is 3.24 Å². The summed E-state index contributed by atoms with van der Waals surface area (Å²) in [6.45, 7) is 11.8. The highest BCUT2D eigenvalue weighted by atomic mass is 15.1. The molecular formula is C9H13N. The summed E-state index contributed by atoms with van der Waals surface area (Å²) in [5.41, 5.74) is 5.19. The Kier molecular flexibility index (Phi) is 1.98. The lowest BCUT2D eigenvalue weighted by Gasteiger charge is -2.14. The molecule has 1 fully saturated rings. The summed E-state index contributed by atoms with van der Waals surface area (Å²) in [6.07, 6.45) is 1.07. The first kappa shape index (κ1) is 7.17. The molecule has 1 nitrogen and oxygen atoms in total. The maximum Gasteiger partial charge on any atom is 0.0404 e. The van der Waals surface area contributed by atoms with Crippen LogP contribution in [0.25, 0.3) is 0 Å². The van der Waals surface area contributed by atoms with Crippen LogP contribution in [0.3, 0.4) is 0 Å². The van der Waals surface area contributed by atoms with Gasteiger partial charge in [-0.2, -0.15) is 0 Å². The Bertz CT molecular complexity index is 197. The molecule has 10 heavy (non-hydrogen) atoms. The van der Waals surface area contributed by atoms with Gasteiger partial charge >= 0.3 is 0 Å². The highest BCUT2D eigenvalue weighted by molar-refractivity contribution is 5.30. The molecule has 0 amide bonds. The van der Waals surface area contributed by atoms with Crippen molar-refractivity contribution >= 4 is 0 Å². The van der Waals surface area contributed by atoms with Gasteiger partial charge in [0.15, 0.2) is 0 Å². The van der Waals surface area contributed by atoms with E-state index in [0.29, 0.717) is 0 Å². The zero-order valence-electron chi connectivity index (χ0n) is 6.48. The van der Waals surface area contributed by atoms with Gasteiger partial charge in [0.2, 0.25) is 0 Å². The first-order valence-corrected chi connectivity index (χ1v) is 3.62. The third kappa shape index (κ3) is 1.01. The predicted molar refractivity (Wildman–Crippen MR) is 43.7 cm³/mol. The maximum absolute atomic E-state index is 3.95. The van der Waals surface area contributed by atoms with Crippen molar-refractivity contribution in [3.63, 3.8) is 0 Å². The maximum atomic E-state index is 3.95. The van der Waals surface area contributed by atoms with Crippen molar-refractivity contribution in [2.75, 3.05) is 13.1 Å². The van der Waals surface area contributed by atoms with Gasteiger partial charge in [-0.15, -0.1) is 5.73 Å². The largest absolute Gasteiger partial charge is 0.371 e. The minimum Gasteiger partial charge on any atom is -0.371 e. The molecule has 1 saturated heterocycles. The van der Waals surface area contributed by atoms with Crippen LogP contribution in [-0.2, 0) is 0 Å². The van der Waals surface area contributed by atoms with Crippen molar-refractivity contribution in [3.8, 4) is 0 Å². The predicted octanol–water partition coefficient (Wildman–Crippen LogP) is 1.94. The van der Waals surface area contributed by atoms with Gasteiger partial charge in [-0.1, -0.05) is 13.2 Å². The first-order valence-electron chi connectivity index (χ1n) is 3.62. The van der Waals surface area contributed by atoms with E-state index in [1.165, 1.54) is 5.57 Å². The van der Waals surface area contributed by atoms with E-state index in [1.807, 2.05) is 0 Å². The van der Waals surface area contributed by atoms with Crippen LogP contribution >= 0.6 is 0 Å². The normalized spacial score (nSPS) is 17.9. The molecule has 1 heterocycles. The van der Waals surface area contributed by atoms with Crippen LogP contribution in [0, 0.1) is 0 Å². The molecule has 0 aromatic rings. The summed E-state index contributed by atoms with van der Waals surface area (Å²) < 4.78 is 0. The first-order chi connectivity index (χ1) is 4.79. The lowest BCUT2D eigenvalue weighted by molar-refractivity contribution is 0.418. The van der Waals surface area contributed by atoms with Gasteiger partial charge in [0.05, 0.1) is 0 Å². The summed E-state index contributed by atoms with van der Waals surface area (Å²) in [7, 11) is 0. The second-order valence-electron chi connectivity index (χ2n) is 2.43. The fourth-order valence-electron chi connectivity index (χ4n) is 1.26. The molecule has 0 aromatic heterocycles. The highest BCUT2D eigenvalue weighted by Gasteiger charge is 2.17. The van der Waals surface area contributed by atoms with Crippen molar-refractivity contribution in [1.29, 1.82) is 0 Å². The van der Waals surface area contributed by atoms with E-state index in [-0.39, 0.29) is 0 Å². The molecule has 1 rings (SSSR count). The molecule has 1 aliphatic heterocycles. The van der Waals surface area contributed by atoms with E-state index in [0.717, 1.165) is 25.2 Å². The zero-order chi connectivity index (χ0) is 7.56. The highest BCUT2D eigenvalue weighted by Crippen LogP contribution is 2.23. The average Bonchev–Trinajstić information content (AvgIpc) is 2.30. The van der Waals surface area contributed by atoms with E-state index >= 15 is 0 Å². The quantitative estimate of drug-likeness (QED) is 0.497. The third-order valence-electron chi connectivity index (χ3n) is 1.96. The lowest BCUT2D eigenvalue weighted by Crippen LogP contribution is -2.15. The molecule has 0 atom stereocenters. The van der Waals surface area contributed by atoms with E-state index in [1.54, 1.807) is 0 Å². The summed E-state index contributed by atoms with van der Waals surface area (Å²) >= 11 is 0. The van der Waals surface area contributed by atoms with Gasteiger partial charge in [-0.3, -0.25) is 0 Å². The van der Waals surface area contributed by atoms with Gasteiger partial charge in [0, 0.05) is 24.4 Å². The molecule has 0 N–H and O–H groups in total. The Morgan fingerprint density at radius 2 is 2.40 bits per heavy atom. The Morgan fingerprint density at radius 1 is 1.70 bits per heavy atom. The third-order valence-corrected chi connectivity index (χ3v) is 1.96. The number of rotatable bonds is 1. The zero-order valence-corrected chi connectivity index (χ0v) is 6.48. The summed E-state index contributed by atoms with van der Waals surface area (Å²) in [6, 6.07) is 0. The van der Waals surface area contributed by atoms with Gasteiger partial charge in [0.1, 0.15) is 0 Å². The van der Waals surface area contributed by atoms with Crippen molar-refractivity contribution in [2.45, 2.75) is 13.3 Å². The number of nitrogens with zero attached hydrogens (tertiary/aromatic N) is 1. The molecule has 1 aliphatic rings. The van der Waals surface area contributed by atoms with Gasteiger partial charge in [-0.25, -0.2) is 0 Å². The van der Waals surface area contributed by atoms with Crippen LogP contribution in [0.2, 0.25) is 0 Å². The number of hydrogen-bond acceptors (Lipinski definition) is 1. The summed E-state index contributed by atoms with van der Waals surface area (Å²) in [4.78, 5) is 2.24. The Hall–Kier alpha value is -0.940. The Morgan fingerprint density at radius 3 is 2.70 bits per heavy atom. The molecule has 0 aliphatic carbocycles. The number of allylic oxidation sites excluding steroid dienone is 1. The van der Waals surface area contributed by atoms with E-state index < -0.39 is 0 Å². The Labute approximate surface area is 62.3 Å². The van der Waals surface area contributed by atoms with Crippen LogP contribution in [0.5, 0.6) is 0 Å². The minimum absolute atomic E-state index is 1.05. The molecule has 54 valence electrons. The lowest BCUT2D eigenvalue weighted by atomic mass is 10.2. The van der Waals surface area contributed by atoms with Gasteiger partial charge in [0.25, 0.3) is 0 Å². The van der Waals surface area contributed by atoms with Gasteiger partial charge < -0.3 is 4.90 Å². The minimum atomic E-state index is 1.05. The van der Waals surface area contributed by atoms with Crippen LogP contribution < -0.4 is 0 Å². The molecule has 1 heteroatoms. The summed E-state index contributed by atoms with van der Waals surface area (Å²) in [5, 5.41) is 0. The van der Waals surface area contributed by atoms with Crippen LogP contribution in [-0.4, -0.2) is 18.0 Å². The van der Waals surface area contributed by atoms with Crippen LogP contribution in [0.4, 0.5) is 0 Å². The standard InChI is InChI=1S/C9H13N/c1-4-9-6-7-10(5-2)8(9)3/h1,3,5-7H2,2H3. The Balaban J connectivity index is 2.77. The van der Waals surface area contributed by atoms with E-state index in [4.69, 9.17) is 0 Å². The molecule has 0 radical (unpaired) electrons. The average molecular weight is 135 g/mol. The molecule has 0 unspecified atom stereocenters. The molecular weight excluding hydrogens is 122 g/mol. The van der Waals surface area contributed by atoms with E-state index in [9.17, 15) is 0 Å². The smallest absolute Gasteiger partial charge is 0.0404 e. The molecule has 0 saturated carbocycles. The molecule has 0 spiro atoms. The number of likely N-dealkylation sites (tertiary alicyclic amines) is 1. The van der Waals surface area contributed by atoms with Gasteiger partial charge in [-0.05, 0) is 13.3 Å². The van der Waals surface area contributed by atoms with Crippen molar-refractivity contribution < 1.29 is 0 Å². The monoisotopic (exact) mass is 135 g/mol. The molecule has 0 bridgehead atoms. The number of likely N-dealkylation sites (N-methyl/N-ethyl adjacent to an activating group) is 1. The fraction of sp³-hybridized carbons (Fsp3) is 0.444. The van der Waals surface area contributed by atoms with Crippen molar-refractivity contribution in [3.05, 3.63) is 30.2 Å². The second kappa shape index (κ2) is 2.76. The summed E-state index contributed by atoms with van der Waals surface area (Å²) in [5.74, 6) is 0. The molecule has 0 aromatic carbocycles.